The summed E-state index contributed by atoms with van der Waals surface area (Å²) < 4.78 is 12.0. The number of ether oxygens (including phenoxy) is 2. The number of methoxy groups -OCH3 is 2. The van der Waals surface area contributed by atoms with Crippen molar-refractivity contribution >= 4 is 11.6 Å². The number of imidazole rings is 1. The molecule has 0 saturated carbocycles. The molecule has 16 heavy (non-hydrogen) atoms. The normalized spacial score (nSPS) is 10.2. The Kier molecular flexibility index (Phi) is 3.01. The second-order valence-corrected chi connectivity index (χ2v) is 3.51. The van der Waals surface area contributed by atoms with Crippen LogP contribution in [-0.4, -0.2) is 23.8 Å². The predicted molar refractivity (Wildman–Crippen MR) is 61.7 cm³/mol. The molecule has 0 fully saturated rings. The monoisotopic (exact) mass is 238 g/mol. The van der Waals surface area contributed by atoms with E-state index in [4.69, 9.17) is 21.1 Å². The van der Waals surface area contributed by atoms with Gasteiger partial charge in [-0.25, -0.2) is 4.98 Å². The molecular weight excluding hydrogens is 228 g/mol. The maximum atomic E-state index is 6.14. The van der Waals surface area contributed by atoms with Gasteiger partial charge in [-0.15, -0.1) is 0 Å². The van der Waals surface area contributed by atoms with Gasteiger partial charge in [0.15, 0.2) is 0 Å². The van der Waals surface area contributed by atoms with E-state index in [1.165, 1.54) is 0 Å². The van der Waals surface area contributed by atoms with Crippen molar-refractivity contribution in [3.8, 4) is 17.4 Å². The van der Waals surface area contributed by atoms with Crippen molar-refractivity contribution < 1.29 is 9.47 Å². The molecule has 0 aliphatic carbocycles. The molecule has 0 saturated heterocycles. The van der Waals surface area contributed by atoms with Gasteiger partial charge in [-0.05, 0) is 12.1 Å². The summed E-state index contributed by atoms with van der Waals surface area (Å²) >= 11 is 6.14. The number of rotatable bonds is 3. The van der Waals surface area contributed by atoms with Crippen molar-refractivity contribution in [3.05, 3.63) is 35.6 Å². The van der Waals surface area contributed by atoms with Crippen molar-refractivity contribution in [3.63, 3.8) is 0 Å². The van der Waals surface area contributed by atoms with Crippen LogP contribution in [0, 0.1) is 0 Å². The molecule has 0 amide bonds. The average Bonchev–Trinajstić information content (AvgIpc) is 2.76. The summed E-state index contributed by atoms with van der Waals surface area (Å²) in [6, 6.07) is 5.93. The van der Waals surface area contributed by atoms with E-state index in [-0.39, 0.29) is 0 Å². The van der Waals surface area contributed by atoms with E-state index in [9.17, 15) is 0 Å². The van der Waals surface area contributed by atoms with Crippen molar-refractivity contribution in [2.75, 3.05) is 14.2 Å². The van der Waals surface area contributed by atoms with Crippen LogP contribution in [0.4, 0.5) is 0 Å². The van der Waals surface area contributed by atoms with Crippen LogP contribution in [-0.2, 0) is 0 Å². The van der Waals surface area contributed by atoms with Gasteiger partial charge in [0.05, 0.1) is 24.9 Å². The molecule has 0 radical (unpaired) electrons. The molecule has 0 aliphatic heterocycles. The number of halogens is 1. The van der Waals surface area contributed by atoms with E-state index >= 15 is 0 Å². The van der Waals surface area contributed by atoms with Gasteiger partial charge in [0.25, 0.3) is 0 Å². The van der Waals surface area contributed by atoms with Crippen LogP contribution in [0.3, 0.4) is 0 Å². The lowest BCUT2D eigenvalue weighted by Crippen LogP contribution is -1.98. The van der Waals surface area contributed by atoms with Crippen molar-refractivity contribution in [1.82, 2.24) is 9.55 Å². The lowest BCUT2D eigenvalue weighted by atomic mass is 10.3. The van der Waals surface area contributed by atoms with Crippen LogP contribution in [0.25, 0.3) is 5.69 Å². The minimum atomic E-state index is 0.493. The third-order valence-electron chi connectivity index (χ3n) is 2.20. The topological polar surface area (TPSA) is 36.3 Å². The van der Waals surface area contributed by atoms with Gasteiger partial charge in [-0.1, -0.05) is 11.6 Å². The van der Waals surface area contributed by atoms with Crippen LogP contribution in [0.15, 0.2) is 30.6 Å². The Hall–Kier alpha value is -1.68. The third kappa shape index (κ3) is 1.84. The number of aromatic nitrogens is 2. The molecule has 2 rings (SSSR count). The summed E-state index contributed by atoms with van der Waals surface area (Å²) in [5.74, 6) is 0.716. The standard InChI is InChI=1S/C11H11ClN2O2/c1-15-8-3-4-10(9(12)7-8)14-6-5-13-11(14)16-2/h3-7H,1-2H3. The molecule has 5 heteroatoms. The largest absolute Gasteiger partial charge is 0.497 e. The first kappa shape index (κ1) is 10.8. The zero-order chi connectivity index (χ0) is 11.5. The van der Waals surface area contributed by atoms with E-state index in [0.29, 0.717) is 16.8 Å². The van der Waals surface area contributed by atoms with Crippen molar-refractivity contribution in [1.29, 1.82) is 0 Å². The van der Waals surface area contributed by atoms with Crippen LogP contribution >= 0.6 is 11.6 Å². The molecule has 1 aromatic carbocycles. The van der Waals surface area contributed by atoms with E-state index < -0.39 is 0 Å². The van der Waals surface area contributed by atoms with Crippen molar-refractivity contribution in [2.24, 2.45) is 0 Å². The smallest absolute Gasteiger partial charge is 0.300 e. The van der Waals surface area contributed by atoms with Crippen molar-refractivity contribution in [2.45, 2.75) is 0 Å². The maximum absolute atomic E-state index is 6.14. The van der Waals surface area contributed by atoms with Crippen LogP contribution in [0.2, 0.25) is 5.02 Å². The van der Waals surface area contributed by atoms with Crippen LogP contribution in [0.5, 0.6) is 11.8 Å². The molecule has 0 aliphatic rings. The molecule has 0 unspecified atom stereocenters. The predicted octanol–water partition coefficient (Wildman–Crippen LogP) is 2.54. The Balaban J connectivity index is 2.48. The molecule has 0 atom stereocenters. The number of hydrogen-bond acceptors (Lipinski definition) is 3. The number of benzene rings is 1. The lowest BCUT2D eigenvalue weighted by molar-refractivity contribution is 0.373. The highest BCUT2D eigenvalue weighted by atomic mass is 35.5. The molecule has 4 nitrogen and oxygen atoms in total. The summed E-state index contributed by atoms with van der Waals surface area (Å²) in [5.41, 5.74) is 0.803. The molecule has 0 spiro atoms. The molecular formula is C11H11ClN2O2. The highest BCUT2D eigenvalue weighted by Gasteiger charge is 2.09. The summed E-state index contributed by atoms with van der Waals surface area (Å²) in [4.78, 5) is 4.05. The van der Waals surface area contributed by atoms with E-state index in [1.54, 1.807) is 37.2 Å². The fraction of sp³-hybridized carbons (Fsp3) is 0.182. The molecule has 0 bridgehead atoms. The lowest BCUT2D eigenvalue weighted by Gasteiger charge is -2.09. The summed E-state index contributed by atoms with van der Waals surface area (Å²) in [6.07, 6.45) is 3.44. The highest BCUT2D eigenvalue weighted by molar-refractivity contribution is 6.32. The van der Waals surface area contributed by atoms with E-state index in [2.05, 4.69) is 4.98 Å². The maximum Gasteiger partial charge on any atom is 0.300 e. The summed E-state index contributed by atoms with van der Waals surface area (Å²) in [6.45, 7) is 0. The zero-order valence-corrected chi connectivity index (χ0v) is 9.73. The Bertz CT molecular complexity index is 496. The Morgan fingerprint density at radius 3 is 2.69 bits per heavy atom. The molecule has 1 aromatic heterocycles. The van der Waals surface area contributed by atoms with Gasteiger partial charge in [0, 0.05) is 18.5 Å². The summed E-state index contributed by atoms with van der Waals surface area (Å²) in [7, 11) is 3.17. The quantitative estimate of drug-likeness (QED) is 0.825. The van der Waals surface area contributed by atoms with Gasteiger partial charge in [-0.3, -0.25) is 4.57 Å². The first-order valence-electron chi connectivity index (χ1n) is 4.67. The number of hydrogen-bond donors (Lipinski definition) is 0. The Labute approximate surface area is 98.4 Å². The van der Waals surface area contributed by atoms with Gasteiger partial charge < -0.3 is 9.47 Å². The minimum absolute atomic E-state index is 0.493. The molecule has 0 N–H and O–H groups in total. The minimum Gasteiger partial charge on any atom is -0.497 e. The molecule has 84 valence electrons. The Morgan fingerprint density at radius 1 is 1.25 bits per heavy atom. The van der Waals surface area contributed by atoms with Gasteiger partial charge in [0.1, 0.15) is 5.75 Å². The summed E-state index contributed by atoms with van der Waals surface area (Å²) in [5, 5.41) is 0.579. The second-order valence-electron chi connectivity index (χ2n) is 3.10. The van der Waals surface area contributed by atoms with E-state index in [1.807, 2.05) is 12.1 Å². The van der Waals surface area contributed by atoms with Crippen LogP contribution in [0.1, 0.15) is 0 Å². The first-order valence-corrected chi connectivity index (χ1v) is 5.05. The SMILES string of the molecule is COc1ccc(-n2ccnc2OC)c(Cl)c1. The third-order valence-corrected chi connectivity index (χ3v) is 2.51. The van der Waals surface area contributed by atoms with Gasteiger partial charge in [-0.2, -0.15) is 0 Å². The zero-order valence-electron chi connectivity index (χ0n) is 8.98. The number of nitrogens with zero attached hydrogens (tertiary/aromatic N) is 2. The first-order chi connectivity index (χ1) is 7.76. The fourth-order valence-electron chi connectivity index (χ4n) is 1.43. The van der Waals surface area contributed by atoms with E-state index in [0.717, 1.165) is 5.69 Å². The molecule has 1 heterocycles. The van der Waals surface area contributed by atoms with Gasteiger partial charge in [0.2, 0.25) is 0 Å². The van der Waals surface area contributed by atoms with Gasteiger partial charge >= 0.3 is 6.01 Å². The van der Waals surface area contributed by atoms with Crippen LogP contribution < -0.4 is 9.47 Å². The molecule has 2 aromatic rings. The average molecular weight is 239 g/mol. The Morgan fingerprint density at radius 2 is 2.06 bits per heavy atom. The second kappa shape index (κ2) is 4.45. The highest BCUT2D eigenvalue weighted by Crippen LogP contribution is 2.27. The fourth-order valence-corrected chi connectivity index (χ4v) is 1.70.